The summed E-state index contributed by atoms with van der Waals surface area (Å²) < 4.78 is 0. The number of nitro benzene ring substituents is 1. The van der Waals surface area contributed by atoms with Gasteiger partial charge in [-0.1, -0.05) is 29.3 Å². The number of nitrogens with zero attached hydrogens (tertiary/aromatic N) is 2. The lowest BCUT2D eigenvalue weighted by Gasteiger charge is -2.30. The van der Waals surface area contributed by atoms with Crippen molar-refractivity contribution in [2.75, 3.05) is 36.4 Å². The monoisotopic (exact) mass is 390 g/mol. The number of nitro groups is 1. The number of halogens is 1. The highest BCUT2D eigenvalue weighted by Crippen LogP contribution is 2.32. The molecule has 1 aliphatic heterocycles. The second-order valence-electron chi connectivity index (χ2n) is 6.98. The van der Waals surface area contributed by atoms with E-state index in [0.717, 1.165) is 37.4 Å². The normalized spacial score (nSPS) is 15.0. The first-order valence-electron chi connectivity index (χ1n) is 9.03. The highest BCUT2D eigenvalue weighted by atomic mass is 35.5. The van der Waals surface area contributed by atoms with Crippen LogP contribution in [0.4, 0.5) is 17.1 Å². The second-order valence-corrected chi connectivity index (χ2v) is 6.98. The lowest BCUT2D eigenvalue weighted by atomic mass is 10.0. The van der Waals surface area contributed by atoms with Crippen LogP contribution in [-0.4, -0.2) is 31.1 Å². The van der Waals surface area contributed by atoms with E-state index in [-0.39, 0.29) is 29.1 Å². The van der Waals surface area contributed by atoms with Crippen LogP contribution in [0.1, 0.15) is 29.7 Å². The molecule has 27 heavy (non-hydrogen) atoms. The summed E-state index contributed by atoms with van der Waals surface area (Å²) in [5.74, 6) is 0. The van der Waals surface area contributed by atoms with Crippen molar-refractivity contribution in [3.63, 3.8) is 0 Å². The molecule has 146 valence electrons. The fourth-order valence-corrected chi connectivity index (χ4v) is 3.50. The molecule has 1 aliphatic rings. The van der Waals surface area contributed by atoms with E-state index in [2.05, 4.69) is 47.6 Å². The summed E-state index contributed by atoms with van der Waals surface area (Å²) in [6.07, 6.45) is 0. The number of piperazine rings is 1. The van der Waals surface area contributed by atoms with Crippen molar-refractivity contribution < 1.29 is 4.92 Å². The van der Waals surface area contributed by atoms with Gasteiger partial charge in [0.05, 0.1) is 4.92 Å². The number of nitrogens with one attached hydrogen (secondary N) is 2. The quantitative estimate of drug-likeness (QED) is 0.591. The van der Waals surface area contributed by atoms with Crippen molar-refractivity contribution in [3.8, 4) is 0 Å². The largest absolute Gasteiger partial charge is 0.373 e. The molecule has 0 saturated carbocycles. The van der Waals surface area contributed by atoms with E-state index < -0.39 is 0 Å². The van der Waals surface area contributed by atoms with Gasteiger partial charge in [0.15, 0.2) is 0 Å². The second kappa shape index (κ2) is 9.06. The number of benzene rings is 2. The molecule has 0 radical (unpaired) electrons. The summed E-state index contributed by atoms with van der Waals surface area (Å²) >= 11 is 0. The minimum absolute atomic E-state index is 0. The van der Waals surface area contributed by atoms with Gasteiger partial charge in [0.2, 0.25) is 0 Å². The number of hydrogen-bond donors (Lipinski definition) is 2. The molecular formula is C20H27ClN4O2. The summed E-state index contributed by atoms with van der Waals surface area (Å²) in [5.41, 5.74) is 5.21. The van der Waals surface area contributed by atoms with Crippen LogP contribution in [0.25, 0.3) is 0 Å². The van der Waals surface area contributed by atoms with Gasteiger partial charge in [-0.15, -0.1) is 12.4 Å². The molecule has 0 amide bonds. The highest BCUT2D eigenvalue weighted by molar-refractivity contribution is 5.85. The Balaban J connectivity index is 0.00000261. The van der Waals surface area contributed by atoms with Crippen LogP contribution in [0.2, 0.25) is 0 Å². The van der Waals surface area contributed by atoms with E-state index in [1.54, 1.807) is 6.07 Å². The third-order valence-electron chi connectivity index (χ3n) is 4.78. The Kier molecular flexibility index (Phi) is 7.05. The third kappa shape index (κ3) is 5.11. The Labute approximate surface area is 166 Å². The Bertz CT molecular complexity index is 786. The van der Waals surface area contributed by atoms with Gasteiger partial charge in [-0.3, -0.25) is 10.1 Å². The lowest BCUT2D eigenvalue weighted by Crippen LogP contribution is -2.43. The summed E-state index contributed by atoms with van der Waals surface area (Å²) in [6.45, 7) is 9.84. The predicted octanol–water partition coefficient (Wildman–Crippen LogP) is 4.22. The number of aryl methyl sites for hydroxylation is 2. The van der Waals surface area contributed by atoms with Crippen LogP contribution in [-0.2, 0) is 0 Å². The Morgan fingerprint density at radius 3 is 2.33 bits per heavy atom. The van der Waals surface area contributed by atoms with E-state index in [9.17, 15) is 10.1 Å². The fourth-order valence-electron chi connectivity index (χ4n) is 3.50. The van der Waals surface area contributed by atoms with E-state index in [0.29, 0.717) is 5.69 Å². The van der Waals surface area contributed by atoms with E-state index in [4.69, 9.17) is 0 Å². The molecule has 2 N–H and O–H groups in total. The lowest BCUT2D eigenvalue weighted by molar-refractivity contribution is -0.384. The predicted molar refractivity (Wildman–Crippen MR) is 113 cm³/mol. The van der Waals surface area contributed by atoms with Crippen LogP contribution >= 0.6 is 12.4 Å². The zero-order valence-electron chi connectivity index (χ0n) is 16.0. The van der Waals surface area contributed by atoms with Crippen molar-refractivity contribution >= 4 is 29.5 Å². The molecule has 2 aromatic rings. The molecule has 1 heterocycles. The molecule has 7 heteroatoms. The minimum Gasteiger partial charge on any atom is -0.373 e. The molecule has 0 spiro atoms. The highest BCUT2D eigenvalue weighted by Gasteiger charge is 2.19. The molecular weight excluding hydrogens is 364 g/mol. The van der Waals surface area contributed by atoms with Crippen LogP contribution in [0.3, 0.4) is 0 Å². The van der Waals surface area contributed by atoms with Gasteiger partial charge in [0.1, 0.15) is 5.69 Å². The summed E-state index contributed by atoms with van der Waals surface area (Å²) in [6, 6.07) is 11.7. The molecule has 0 aromatic heterocycles. The number of rotatable bonds is 5. The van der Waals surface area contributed by atoms with Gasteiger partial charge in [-0.25, -0.2) is 0 Å². The molecule has 0 bridgehead atoms. The van der Waals surface area contributed by atoms with Crippen molar-refractivity contribution in [2.45, 2.75) is 26.8 Å². The van der Waals surface area contributed by atoms with Crippen molar-refractivity contribution in [1.82, 2.24) is 5.32 Å². The van der Waals surface area contributed by atoms with Gasteiger partial charge in [-0.05, 0) is 38.5 Å². The average molecular weight is 391 g/mol. The van der Waals surface area contributed by atoms with E-state index in [1.165, 1.54) is 11.1 Å². The topological polar surface area (TPSA) is 70.4 Å². The van der Waals surface area contributed by atoms with Crippen molar-refractivity contribution in [3.05, 3.63) is 63.2 Å². The maximum Gasteiger partial charge on any atom is 0.292 e. The number of hydrogen-bond acceptors (Lipinski definition) is 5. The number of anilines is 2. The Morgan fingerprint density at radius 2 is 1.74 bits per heavy atom. The fraction of sp³-hybridized carbons (Fsp3) is 0.400. The van der Waals surface area contributed by atoms with Gasteiger partial charge in [0.25, 0.3) is 5.69 Å². The first-order valence-corrected chi connectivity index (χ1v) is 9.03. The van der Waals surface area contributed by atoms with Gasteiger partial charge in [0, 0.05) is 44.0 Å². The zero-order chi connectivity index (χ0) is 18.7. The van der Waals surface area contributed by atoms with Crippen molar-refractivity contribution in [1.29, 1.82) is 0 Å². The molecule has 1 saturated heterocycles. The molecule has 1 fully saturated rings. The van der Waals surface area contributed by atoms with Gasteiger partial charge in [-0.2, -0.15) is 0 Å². The van der Waals surface area contributed by atoms with Gasteiger partial charge < -0.3 is 15.5 Å². The first-order chi connectivity index (χ1) is 12.4. The molecule has 3 rings (SSSR count). The summed E-state index contributed by atoms with van der Waals surface area (Å²) in [4.78, 5) is 13.4. The van der Waals surface area contributed by atoms with Crippen LogP contribution < -0.4 is 15.5 Å². The first kappa shape index (κ1) is 21.0. The molecule has 0 aliphatic carbocycles. The summed E-state index contributed by atoms with van der Waals surface area (Å²) in [5, 5.41) is 18.2. The smallest absolute Gasteiger partial charge is 0.292 e. The van der Waals surface area contributed by atoms with Crippen LogP contribution in [0, 0.1) is 24.0 Å². The molecule has 6 nitrogen and oxygen atoms in total. The molecule has 2 aromatic carbocycles. The Hall–Kier alpha value is -2.31. The minimum atomic E-state index is -0.321. The maximum atomic E-state index is 11.5. The standard InChI is InChI=1S/C20H26N4O2.ClH/c1-14-10-15(2)12-17(11-14)16(3)22-19-13-18(4-5-20(19)24(25)26)23-8-6-21-7-9-23;/h4-5,10-13,16,21-22H,6-9H2,1-3H3;1H. The average Bonchev–Trinajstić information content (AvgIpc) is 2.61. The Morgan fingerprint density at radius 1 is 1.11 bits per heavy atom. The zero-order valence-corrected chi connectivity index (χ0v) is 16.8. The van der Waals surface area contributed by atoms with Crippen molar-refractivity contribution in [2.24, 2.45) is 0 Å². The van der Waals surface area contributed by atoms with E-state index >= 15 is 0 Å². The summed E-state index contributed by atoms with van der Waals surface area (Å²) in [7, 11) is 0. The van der Waals surface area contributed by atoms with Crippen LogP contribution in [0.15, 0.2) is 36.4 Å². The maximum absolute atomic E-state index is 11.5. The van der Waals surface area contributed by atoms with Gasteiger partial charge >= 0.3 is 0 Å². The van der Waals surface area contributed by atoms with E-state index in [1.807, 2.05) is 19.1 Å². The molecule has 1 atom stereocenters. The van der Waals surface area contributed by atoms with Crippen LogP contribution in [0.5, 0.6) is 0 Å². The SMILES string of the molecule is Cc1cc(C)cc(C(C)Nc2cc(N3CCNCC3)ccc2[N+](=O)[O-])c1.Cl. The third-order valence-corrected chi connectivity index (χ3v) is 4.78. The molecule has 1 unspecified atom stereocenters.